The topological polar surface area (TPSA) is 51.2 Å². The normalized spacial score (nSPS) is 23.6. The predicted molar refractivity (Wildman–Crippen MR) is 52.0 cm³/mol. The molecule has 3 nitrogen and oxygen atoms in total. The molecule has 0 fully saturated rings. The maximum atomic E-state index is 12.9. The Morgan fingerprint density at radius 3 is 2.73 bits per heavy atom. The average molecular weight is 228 g/mol. The van der Waals surface area contributed by atoms with Crippen LogP contribution in [0.5, 0.6) is 0 Å². The van der Waals surface area contributed by atoms with Crippen molar-refractivity contribution in [1.82, 2.24) is 0 Å². The van der Waals surface area contributed by atoms with E-state index in [1.807, 2.05) is 0 Å². The van der Waals surface area contributed by atoms with Crippen molar-refractivity contribution in [1.29, 1.82) is 0 Å². The lowest BCUT2D eigenvalue weighted by Crippen LogP contribution is -2.29. The fraction of sp³-hybridized carbons (Fsp3) is 0.300. The Morgan fingerprint density at radius 1 is 1.40 bits per heavy atom. The molecule has 15 heavy (non-hydrogen) atoms. The maximum Gasteiger partial charge on any atom is 0.182 e. The van der Waals surface area contributed by atoms with Crippen LogP contribution >= 0.6 is 0 Å². The molecule has 0 saturated carbocycles. The average Bonchev–Trinajstić information content (AvgIpc) is 2.15. The number of benzene rings is 1. The van der Waals surface area contributed by atoms with Crippen molar-refractivity contribution in [2.45, 2.75) is 23.5 Å². The van der Waals surface area contributed by atoms with E-state index in [-0.39, 0.29) is 22.7 Å². The summed E-state index contributed by atoms with van der Waals surface area (Å²) in [7, 11) is -3.46. The lowest BCUT2D eigenvalue weighted by Gasteiger charge is -2.20. The number of fused-ring (bicyclic) bond motifs is 1. The molecule has 1 atom stereocenters. The molecule has 0 saturated heterocycles. The molecule has 80 valence electrons. The Balaban J connectivity index is 2.76. The van der Waals surface area contributed by atoms with E-state index < -0.39 is 20.9 Å². The molecule has 0 amide bonds. The minimum Gasteiger partial charge on any atom is -0.294 e. The smallest absolute Gasteiger partial charge is 0.182 e. The largest absolute Gasteiger partial charge is 0.294 e. The summed E-state index contributed by atoms with van der Waals surface area (Å²) in [6.45, 7) is 1.49. The highest BCUT2D eigenvalue weighted by molar-refractivity contribution is 7.92. The van der Waals surface area contributed by atoms with Gasteiger partial charge in [-0.1, -0.05) is 0 Å². The second-order valence-electron chi connectivity index (χ2n) is 3.62. The van der Waals surface area contributed by atoms with Crippen molar-refractivity contribution < 1.29 is 17.6 Å². The molecular formula is C10H9FO3S. The third-order valence-corrected chi connectivity index (χ3v) is 4.75. The zero-order valence-corrected chi connectivity index (χ0v) is 8.84. The number of Topliss-reactive ketones (excluding diaryl/α,β-unsaturated/α-hetero) is 1. The molecule has 1 aliphatic rings. The second kappa shape index (κ2) is 3.13. The van der Waals surface area contributed by atoms with Gasteiger partial charge in [0, 0.05) is 12.0 Å². The summed E-state index contributed by atoms with van der Waals surface area (Å²) in [6.07, 6.45) is -0.0706. The summed E-state index contributed by atoms with van der Waals surface area (Å²) in [5.74, 6) is -0.904. The molecule has 1 aromatic rings. The van der Waals surface area contributed by atoms with Gasteiger partial charge in [-0.3, -0.25) is 4.79 Å². The first-order valence-corrected chi connectivity index (χ1v) is 6.04. The lowest BCUT2D eigenvalue weighted by molar-refractivity contribution is 0.0975. The van der Waals surface area contributed by atoms with Crippen LogP contribution in [0.1, 0.15) is 23.7 Å². The number of hydrogen-bond donors (Lipinski definition) is 0. The number of carbonyl (C=O) groups excluding carboxylic acids is 1. The highest BCUT2D eigenvalue weighted by Gasteiger charge is 2.35. The highest BCUT2D eigenvalue weighted by atomic mass is 32.2. The van der Waals surface area contributed by atoms with E-state index in [9.17, 15) is 17.6 Å². The molecular weight excluding hydrogens is 219 g/mol. The monoisotopic (exact) mass is 228 g/mol. The van der Waals surface area contributed by atoms with Gasteiger partial charge in [-0.15, -0.1) is 0 Å². The summed E-state index contributed by atoms with van der Waals surface area (Å²) < 4.78 is 36.4. The summed E-state index contributed by atoms with van der Waals surface area (Å²) in [5, 5.41) is -0.719. The molecule has 2 rings (SSSR count). The lowest BCUT2D eigenvalue weighted by atomic mass is 10.1. The Hall–Kier alpha value is -1.23. The molecule has 1 unspecified atom stereocenters. The first-order valence-electron chi connectivity index (χ1n) is 4.49. The van der Waals surface area contributed by atoms with Gasteiger partial charge in [-0.25, -0.2) is 12.8 Å². The first-order chi connectivity index (χ1) is 6.93. The zero-order valence-electron chi connectivity index (χ0n) is 8.03. The molecule has 0 aliphatic carbocycles. The van der Waals surface area contributed by atoms with Gasteiger partial charge >= 0.3 is 0 Å². The molecule has 1 aromatic carbocycles. The van der Waals surface area contributed by atoms with Gasteiger partial charge in [0.1, 0.15) is 5.82 Å². The van der Waals surface area contributed by atoms with E-state index in [1.165, 1.54) is 6.92 Å². The third-order valence-electron chi connectivity index (χ3n) is 2.55. The first kappa shape index (κ1) is 10.3. The number of hydrogen-bond acceptors (Lipinski definition) is 3. The van der Waals surface area contributed by atoms with Crippen molar-refractivity contribution in [2.75, 3.05) is 0 Å². The number of sulfone groups is 1. The van der Waals surface area contributed by atoms with Crippen molar-refractivity contribution in [3.8, 4) is 0 Å². The quantitative estimate of drug-likeness (QED) is 0.633. The van der Waals surface area contributed by atoms with Crippen molar-refractivity contribution >= 4 is 15.6 Å². The SMILES string of the molecule is CC1CC(=O)c2cc(F)ccc2S1(=O)=O. The van der Waals surface area contributed by atoms with Crippen molar-refractivity contribution in [3.05, 3.63) is 29.6 Å². The van der Waals surface area contributed by atoms with E-state index >= 15 is 0 Å². The fourth-order valence-corrected chi connectivity index (χ4v) is 3.21. The van der Waals surface area contributed by atoms with E-state index in [2.05, 4.69) is 0 Å². The minimum absolute atomic E-state index is 0.0203. The van der Waals surface area contributed by atoms with Gasteiger partial charge < -0.3 is 0 Å². The Kier molecular flexibility index (Phi) is 2.15. The van der Waals surface area contributed by atoms with E-state index in [0.717, 1.165) is 18.2 Å². The van der Waals surface area contributed by atoms with Gasteiger partial charge in [-0.05, 0) is 25.1 Å². The molecule has 1 heterocycles. The maximum absolute atomic E-state index is 12.9. The van der Waals surface area contributed by atoms with Gasteiger partial charge in [-0.2, -0.15) is 0 Å². The van der Waals surface area contributed by atoms with Gasteiger partial charge in [0.05, 0.1) is 10.1 Å². The molecule has 0 radical (unpaired) electrons. The fourth-order valence-electron chi connectivity index (χ4n) is 1.67. The van der Waals surface area contributed by atoms with Crippen LogP contribution in [0.4, 0.5) is 4.39 Å². The molecule has 0 aromatic heterocycles. The highest BCUT2D eigenvalue weighted by Crippen LogP contribution is 2.29. The van der Waals surface area contributed by atoms with Gasteiger partial charge in [0.25, 0.3) is 0 Å². The Morgan fingerprint density at radius 2 is 2.07 bits per heavy atom. The van der Waals surface area contributed by atoms with Crippen LogP contribution in [0.2, 0.25) is 0 Å². The number of carbonyl (C=O) groups is 1. The zero-order chi connectivity index (χ0) is 11.2. The summed E-state index contributed by atoms with van der Waals surface area (Å²) in [4.78, 5) is 11.5. The molecule has 1 aliphatic heterocycles. The standard InChI is InChI=1S/C10H9FO3S/c1-6-4-9(12)8-5-7(11)2-3-10(8)15(6,13)14/h2-3,5-6H,4H2,1H3. The third kappa shape index (κ3) is 1.47. The number of ketones is 1. The van der Waals surface area contributed by atoms with Gasteiger partial charge in [0.2, 0.25) is 0 Å². The summed E-state index contributed by atoms with van der Waals surface area (Å²) in [6, 6.07) is 3.20. The second-order valence-corrected chi connectivity index (χ2v) is 5.96. The number of halogens is 1. The Bertz CT molecular complexity index is 534. The van der Waals surface area contributed by atoms with Gasteiger partial charge in [0.15, 0.2) is 15.6 Å². The van der Waals surface area contributed by atoms with Crippen LogP contribution < -0.4 is 0 Å². The van der Waals surface area contributed by atoms with Crippen molar-refractivity contribution in [3.63, 3.8) is 0 Å². The Labute approximate surface area is 86.8 Å². The molecule has 0 N–H and O–H groups in total. The van der Waals surface area contributed by atoms with E-state index in [4.69, 9.17) is 0 Å². The molecule has 0 spiro atoms. The summed E-state index contributed by atoms with van der Waals surface area (Å²) in [5.41, 5.74) is -0.0203. The van der Waals surface area contributed by atoms with Crippen LogP contribution in [-0.2, 0) is 9.84 Å². The number of rotatable bonds is 0. The van der Waals surface area contributed by atoms with Crippen LogP contribution in [0.3, 0.4) is 0 Å². The molecule has 0 bridgehead atoms. The van der Waals surface area contributed by atoms with E-state index in [1.54, 1.807) is 0 Å². The van der Waals surface area contributed by atoms with Crippen LogP contribution in [0.25, 0.3) is 0 Å². The summed E-state index contributed by atoms with van der Waals surface area (Å²) >= 11 is 0. The minimum atomic E-state index is -3.46. The van der Waals surface area contributed by atoms with Crippen LogP contribution in [0, 0.1) is 5.82 Å². The predicted octanol–water partition coefficient (Wildman–Crippen LogP) is 1.57. The van der Waals surface area contributed by atoms with Crippen LogP contribution in [-0.4, -0.2) is 19.5 Å². The van der Waals surface area contributed by atoms with Crippen molar-refractivity contribution in [2.24, 2.45) is 0 Å². The van der Waals surface area contributed by atoms with Crippen LogP contribution in [0.15, 0.2) is 23.1 Å². The molecule has 5 heteroatoms. The van der Waals surface area contributed by atoms with E-state index in [0.29, 0.717) is 0 Å².